The normalized spacial score (nSPS) is 16.3. The lowest BCUT2D eigenvalue weighted by Gasteiger charge is -2.46. The zero-order chi connectivity index (χ0) is 17.5. The van der Waals surface area contributed by atoms with Gasteiger partial charge >= 0.3 is 0 Å². The van der Waals surface area contributed by atoms with Crippen molar-refractivity contribution in [2.75, 3.05) is 13.2 Å². The van der Waals surface area contributed by atoms with Gasteiger partial charge in [-0.1, -0.05) is 74.5 Å². The first-order valence-electron chi connectivity index (χ1n) is 8.97. The monoisotopic (exact) mass is 326 g/mol. The van der Waals surface area contributed by atoms with Gasteiger partial charge in [-0.15, -0.1) is 0 Å². The van der Waals surface area contributed by atoms with Crippen molar-refractivity contribution >= 4 is 0 Å². The molecule has 0 spiro atoms. The van der Waals surface area contributed by atoms with Gasteiger partial charge < -0.3 is 9.47 Å². The SMILES string of the molecule is CCCOC(C)(c1ccccc1)C(C)(OCCC)c1ccccc1. The Morgan fingerprint density at radius 2 is 0.958 bits per heavy atom. The van der Waals surface area contributed by atoms with Gasteiger partial charge in [0.15, 0.2) is 0 Å². The highest BCUT2D eigenvalue weighted by Crippen LogP contribution is 2.46. The zero-order valence-electron chi connectivity index (χ0n) is 15.4. The molecule has 2 unspecified atom stereocenters. The first-order valence-corrected chi connectivity index (χ1v) is 8.97. The molecule has 0 fully saturated rings. The number of rotatable bonds is 9. The minimum Gasteiger partial charge on any atom is -0.367 e. The fourth-order valence-corrected chi connectivity index (χ4v) is 3.12. The van der Waals surface area contributed by atoms with Gasteiger partial charge in [0.25, 0.3) is 0 Å². The summed E-state index contributed by atoms with van der Waals surface area (Å²) in [6.07, 6.45) is 1.95. The second-order valence-electron chi connectivity index (χ2n) is 6.50. The topological polar surface area (TPSA) is 18.5 Å². The molecule has 2 nitrogen and oxygen atoms in total. The van der Waals surface area contributed by atoms with Crippen LogP contribution in [0.5, 0.6) is 0 Å². The van der Waals surface area contributed by atoms with Gasteiger partial charge in [-0.2, -0.15) is 0 Å². The predicted molar refractivity (Wildman–Crippen MR) is 100 cm³/mol. The lowest BCUT2D eigenvalue weighted by atomic mass is 9.75. The minimum absolute atomic E-state index is 0.569. The maximum Gasteiger partial charge on any atom is 0.123 e. The molecule has 0 aliphatic heterocycles. The maximum atomic E-state index is 6.46. The molecule has 24 heavy (non-hydrogen) atoms. The Kier molecular flexibility index (Phi) is 6.59. The highest BCUT2D eigenvalue weighted by atomic mass is 16.6. The minimum atomic E-state index is -0.569. The van der Waals surface area contributed by atoms with Crippen LogP contribution in [-0.4, -0.2) is 13.2 Å². The van der Waals surface area contributed by atoms with Crippen LogP contribution in [0, 0.1) is 0 Å². The first kappa shape index (κ1) is 18.7. The van der Waals surface area contributed by atoms with Gasteiger partial charge in [-0.05, 0) is 37.8 Å². The summed E-state index contributed by atoms with van der Waals surface area (Å²) in [6.45, 7) is 9.98. The van der Waals surface area contributed by atoms with Gasteiger partial charge in [0, 0.05) is 13.2 Å². The Morgan fingerprint density at radius 1 is 0.625 bits per heavy atom. The molecular weight excluding hydrogens is 296 g/mol. The van der Waals surface area contributed by atoms with Crippen LogP contribution in [0.4, 0.5) is 0 Å². The van der Waals surface area contributed by atoms with Gasteiger partial charge in [0.2, 0.25) is 0 Å². The summed E-state index contributed by atoms with van der Waals surface area (Å²) < 4.78 is 12.9. The third kappa shape index (κ3) is 3.71. The summed E-state index contributed by atoms with van der Waals surface area (Å²) in [5.74, 6) is 0. The van der Waals surface area contributed by atoms with Crippen molar-refractivity contribution < 1.29 is 9.47 Å². The van der Waals surface area contributed by atoms with Crippen LogP contribution in [0.3, 0.4) is 0 Å². The van der Waals surface area contributed by atoms with Gasteiger partial charge in [0.05, 0.1) is 0 Å². The lowest BCUT2D eigenvalue weighted by molar-refractivity contribution is -0.207. The van der Waals surface area contributed by atoms with E-state index >= 15 is 0 Å². The highest BCUT2D eigenvalue weighted by molar-refractivity contribution is 5.33. The Bertz CT molecular complexity index is 540. The van der Waals surface area contributed by atoms with Crippen LogP contribution in [0.15, 0.2) is 60.7 Å². The Morgan fingerprint density at radius 3 is 1.25 bits per heavy atom. The third-order valence-electron chi connectivity index (χ3n) is 4.75. The summed E-state index contributed by atoms with van der Waals surface area (Å²) in [4.78, 5) is 0. The van der Waals surface area contributed by atoms with E-state index in [0.29, 0.717) is 13.2 Å². The van der Waals surface area contributed by atoms with E-state index in [2.05, 4.69) is 76.2 Å². The van der Waals surface area contributed by atoms with Gasteiger partial charge in [0.1, 0.15) is 11.2 Å². The van der Waals surface area contributed by atoms with Crippen molar-refractivity contribution in [3.05, 3.63) is 71.8 Å². The van der Waals surface area contributed by atoms with Crippen LogP contribution in [0.25, 0.3) is 0 Å². The van der Waals surface area contributed by atoms with Crippen LogP contribution < -0.4 is 0 Å². The molecule has 0 radical (unpaired) electrons. The highest BCUT2D eigenvalue weighted by Gasteiger charge is 2.49. The van der Waals surface area contributed by atoms with E-state index < -0.39 is 11.2 Å². The third-order valence-corrected chi connectivity index (χ3v) is 4.75. The van der Waals surface area contributed by atoms with Crippen LogP contribution in [0.2, 0.25) is 0 Å². The average molecular weight is 326 g/mol. The number of benzene rings is 2. The summed E-state index contributed by atoms with van der Waals surface area (Å²) in [5, 5.41) is 0. The largest absolute Gasteiger partial charge is 0.367 e. The second kappa shape index (κ2) is 8.46. The van der Waals surface area contributed by atoms with Crippen LogP contribution >= 0.6 is 0 Å². The standard InChI is InChI=1S/C22H30O2/c1-5-17-23-21(3,19-13-9-7-10-14-19)22(4,24-18-6-2)20-15-11-8-12-16-20/h7-16H,5-6,17-18H2,1-4H3. The second-order valence-corrected chi connectivity index (χ2v) is 6.50. The molecule has 0 aromatic heterocycles. The average Bonchev–Trinajstić information content (AvgIpc) is 2.65. The smallest absolute Gasteiger partial charge is 0.123 e. The molecule has 0 bridgehead atoms. The van der Waals surface area contributed by atoms with Crippen molar-refractivity contribution in [1.29, 1.82) is 0 Å². The van der Waals surface area contributed by atoms with E-state index in [1.807, 2.05) is 12.1 Å². The van der Waals surface area contributed by atoms with E-state index in [1.54, 1.807) is 0 Å². The van der Waals surface area contributed by atoms with E-state index in [9.17, 15) is 0 Å². The van der Waals surface area contributed by atoms with Crippen molar-refractivity contribution in [3.8, 4) is 0 Å². The fraction of sp³-hybridized carbons (Fsp3) is 0.455. The van der Waals surface area contributed by atoms with E-state index in [4.69, 9.17) is 9.47 Å². The molecule has 0 heterocycles. The van der Waals surface area contributed by atoms with Crippen molar-refractivity contribution in [1.82, 2.24) is 0 Å². The van der Waals surface area contributed by atoms with E-state index in [1.165, 1.54) is 0 Å². The zero-order valence-corrected chi connectivity index (χ0v) is 15.4. The Hall–Kier alpha value is -1.64. The maximum absolute atomic E-state index is 6.46. The number of hydrogen-bond donors (Lipinski definition) is 0. The molecule has 0 amide bonds. The molecule has 0 aliphatic rings. The van der Waals surface area contributed by atoms with E-state index in [0.717, 1.165) is 24.0 Å². The lowest BCUT2D eigenvalue weighted by Crippen LogP contribution is -2.49. The summed E-state index contributed by atoms with van der Waals surface area (Å²) in [5.41, 5.74) is 1.14. The molecule has 0 saturated carbocycles. The molecule has 2 aromatic rings. The quantitative estimate of drug-likeness (QED) is 0.591. The van der Waals surface area contributed by atoms with E-state index in [-0.39, 0.29) is 0 Å². The molecule has 0 N–H and O–H groups in total. The fourth-order valence-electron chi connectivity index (χ4n) is 3.12. The molecule has 2 heteroatoms. The summed E-state index contributed by atoms with van der Waals surface area (Å²) >= 11 is 0. The Labute approximate surface area is 146 Å². The van der Waals surface area contributed by atoms with Crippen molar-refractivity contribution in [2.24, 2.45) is 0 Å². The summed E-state index contributed by atoms with van der Waals surface area (Å²) in [6, 6.07) is 20.9. The molecule has 0 aliphatic carbocycles. The number of hydrogen-bond acceptors (Lipinski definition) is 2. The first-order chi connectivity index (χ1) is 11.6. The molecule has 130 valence electrons. The predicted octanol–water partition coefficient (Wildman–Crippen LogP) is 5.67. The van der Waals surface area contributed by atoms with Gasteiger partial charge in [-0.3, -0.25) is 0 Å². The van der Waals surface area contributed by atoms with Crippen molar-refractivity contribution in [3.63, 3.8) is 0 Å². The van der Waals surface area contributed by atoms with Crippen LogP contribution in [0.1, 0.15) is 51.7 Å². The molecule has 2 rings (SSSR count). The van der Waals surface area contributed by atoms with Gasteiger partial charge in [-0.25, -0.2) is 0 Å². The summed E-state index contributed by atoms with van der Waals surface area (Å²) in [7, 11) is 0. The molecular formula is C22H30O2. The molecule has 2 atom stereocenters. The molecule has 0 saturated heterocycles. The Balaban J connectivity index is 2.56. The molecule has 2 aromatic carbocycles. The van der Waals surface area contributed by atoms with Crippen molar-refractivity contribution in [2.45, 2.75) is 51.7 Å². The number of ether oxygens (including phenoxy) is 2. The van der Waals surface area contributed by atoms with Crippen LogP contribution in [-0.2, 0) is 20.7 Å².